The minimum absolute atomic E-state index is 0.0633. The second kappa shape index (κ2) is 11.9. The highest BCUT2D eigenvalue weighted by atomic mass is 19.4. The number of allylic oxidation sites excluding steroid dienone is 1. The van der Waals surface area contributed by atoms with Crippen LogP contribution in [0, 0.1) is 17.3 Å². The Morgan fingerprint density at radius 2 is 1.92 bits per heavy atom. The fourth-order valence-electron chi connectivity index (χ4n) is 3.88. The molecule has 1 saturated heterocycles. The number of halogens is 3. The van der Waals surface area contributed by atoms with Crippen LogP contribution in [-0.2, 0) is 12.7 Å². The van der Waals surface area contributed by atoms with Gasteiger partial charge in [-0.25, -0.2) is 4.98 Å². The highest BCUT2D eigenvalue weighted by molar-refractivity contribution is 6.04. The smallest absolute Gasteiger partial charge is 0.332 e. The summed E-state index contributed by atoms with van der Waals surface area (Å²) in [6, 6.07) is 5.16. The SMILES string of the molecule is CN1CCN(Cc2cc(NC(=O)c3cncc(C#Cc4cnc(C=CC=N)[nH]4)c3)cc(C(F)(F)F)c2)CC1. The summed E-state index contributed by atoms with van der Waals surface area (Å²) in [4.78, 5) is 28.3. The maximum atomic E-state index is 13.6. The number of rotatable bonds is 6. The Bertz CT molecular complexity index is 1390. The fourth-order valence-corrected chi connectivity index (χ4v) is 3.88. The Balaban J connectivity index is 1.50. The Kier molecular flexibility index (Phi) is 8.35. The van der Waals surface area contributed by atoms with Gasteiger partial charge in [0.1, 0.15) is 11.5 Å². The Morgan fingerprint density at radius 1 is 1.13 bits per heavy atom. The van der Waals surface area contributed by atoms with Gasteiger partial charge in [-0.1, -0.05) is 5.92 Å². The maximum Gasteiger partial charge on any atom is 0.416 e. The molecule has 11 heteroatoms. The summed E-state index contributed by atoms with van der Waals surface area (Å²) in [6.45, 7) is 3.57. The molecule has 1 fully saturated rings. The van der Waals surface area contributed by atoms with Crippen molar-refractivity contribution in [3.63, 3.8) is 0 Å². The number of H-pyrrole nitrogens is 1. The zero-order valence-electron chi connectivity index (χ0n) is 20.6. The lowest BCUT2D eigenvalue weighted by atomic mass is 10.1. The second-order valence-electron chi connectivity index (χ2n) is 8.87. The molecule has 3 N–H and O–H groups in total. The van der Waals surface area contributed by atoms with E-state index in [1.165, 1.54) is 30.7 Å². The number of pyridine rings is 1. The summed E-state index contributed by atoms with van der Waals surface area (Å²) < 4.78 is 40.8. The first-order valence-electron chi connectivity index (χ1n) is 11.8. The van der Waals surface area contributed by atoms with E-state index in [-0.39, 0.29) is 11.3 Å². The van der Waals surface area contributed by atoms with Crippen molar-refractivity contribution >= 4 is 23.9 Å². The summed E-state index contributed by atoms with van der Waals surface area (Å²) in [5, 5.41) is 9.59. The van der Waals surface area contributed by atoms with E-state index < -0.39 is 17.6 Å². The number of aromatic nitrogens is 3. The first kappa shape index (κ1) is 26.8. The number of carbonyl (C=O) groups excluding carboxylic acids is 1. The van der Waals surface area contributed by atoms with E-state index >= 15 is 0 Å². The van der Waals surface area contributed by atoms with Gasteiger partial charge in [0, 0.05) is 62.6 Å². The number of alkyl halides is 3. The van der Waals surface area contributed by atoms with Crippen molar-refractivity contribution in [3.05, 3.63) is 82.7 Å². The molecule has 0 unspecified atom stereocenters. The third kappa shape index (κ3) is 7.38. The van der Waals surface area contributed by atoms with Crippen LogP contribution in [0.4, 0.5) is 18.9 Å². The molecule has 0 bridgehead atoms. The van der Waals surface area contributed by atoms with E-state index in [1.807, 2.05) is 7.05 Å². The summed E-state index contributed by atoms with van der Waals surface area (Å²) in [5.74, 6) is 5.72. The van der Waals surface area contributed by atoms with Crippen LogP contribution in [0.1, 0.15) is 38.6 Å². The third-order valence-corrected chi connectivity index (χ3v) is 5.87. The van der Waals surface area contributed by atoms with Crippen LogP contribution in [0.15, 0.2) is 48.9 Å². The Labute approximate surface area is 218 Å². The fraction of sp³-hybridized carbons (Fsp3) is 0.259. The molecule has 8 nitrogen and oxygen atoms in total. The minimum atomic E-state index is -4.55. The van der Waals surface area contributed by atoms with Gasteiger partial charge < -0.3 is 20.6 Å². The van der Waals surface area contributed by atoms with Crippen LogP contribution in [0.2, 0.25) is 0 Å². The number of carbonyl (C=O) groups is 1. The van der Waals surface area contributed by atoms with Crippen LogP contribution < -0.4 is 5.32 Å². The largest absolute Gasteiger partial charge is 0.416 e. The zero-order chi connectivity index (χ0) is 27.1. The molecule has 1 amide bonds. The second-order valence-corrected chi connectivity index (χ2v) is 8.87. The number of nitrogens with zero attached hydrogens (tertiary/aromatic N) is 4. The quantitative estimate of drug-likeness (QED) is 0.338. The van der Waals surface area contributed by atoms with Crippen molar-refractivity contribution in [1.29, 1.82) is 5.41 Å². The maximum absolute atomic E-state index is 13.6. The molecular weight excluding hydrogens is 495 g/mol. The van der Waals surface area contributed by atoms with Crippen molar-refractivity contribution < 1.29 is 18.0 Å². The highest BCUT2D eigenvalue weighted by Gasteiger charge is 2.31. The monoisotopic (exact) mass is 521 g/mol. The van der Waals surface area contributed by atoms with Gasteiger partial charge in [-0.05, 0) is 54.9 Å². The zero-order valence-corrected chi connectivity index (χ0v) is 20.6. The Morgan fingerprint density at radius 3 is 2.66 bits per heavy atom. The number of anilines is 1. The first-order valence-corrected chi connectivity index (χ1v) is 11.8. The molecule has 0 spiro atoms. The van der Waals surface area contributed by atoms with Crippen LogP contribution in [0.5, 0.6) is 0 Å². The van der Waals surface area contributed by atoms with Gasteiger partial charge in [-0.2, -0.15) is 13.2 Å². The number of aromatic amines is 1. The number of amides is 1. The van der Waals surface area contributed by atoms with Crippen LogP contribution in [-0.4, -0.2) is 70.1 Å². The van der Waals surface area contributed by atoms with E-state index in [4.69, 9.17) is 5.41 Å². The van der Waals surface area contributed by atoms with Gasteiger partial charge in [0.25, 0.3) is 5.91 Å². The summed E-state index contributed by atoms with van der Waals surface area (Å²) >= 11 is 0. The molecular formula is C27H26F3N7O. The van der Waals surface area contributed by atoms with Gasteiger partial charge in [-0.15, -0.1) is 0 Å². The number of benzene rings is 1. The van der Waals surface area contributed by atoms with Gasteiger partial charge >= 0.3 is 6.18 Å². The third-order valence-electron chi connectivity index (χ3n) is 5.87. The van der Waals surface area contributed by atoms with E-state index in [0.717, 1.165) is 44.5 Å². The molecule has 1 aliphatic heterocycles. The predicted octanol–water partition coefficient (Wildman–Crippen LogP) is 3.89. The molecule has 1 aromatic carbocycles. The van der Waals surface area contributed by atoms with Gasteiger partial charge in [0.2, 0.25) is 0 Å². The van der Waals surface area contributed by atoms with Gasteiger partial charge in [0.15, 0.2) is 0 Å². The summed E-state index contributed by atoms with van der Waals surface area (Å²) in [6.07, 6.45) is 4.06. The standard InChI is InChI=1S/C27H26F3N7O/c1-36-7-9-37(10-8-36)18-20-12-22(27(28,29)30)14-24(13-20)35-26(38)21-11-19(15-32-16-21)4-5-23-17-33-25(34-23)3-2-6-31/h2-3,6,11-17,31H,7-10,18H2,1H3,(H,33,34)(H,35,38). The molecule has 3 aromatic rings. The minimum Gasteiger partial charge on any atom is -0.332 e. The van der Waals surface area contributed by atoms with Crippen LogP contribution in [0.3, 0.4) is 0 Å². The number of hydrogen-bond donors (Lipinski definition) is 3. The lowest BCUT2D eigenvalue weighted by molar-refractivity contribution is -0.137. The molecule has 0 saturated carbocycles. The van der Waals surface area contributed by atoms with Gasteiger partial charge in [-0.3, -0.25) is 14.7 Å². The molecule has 196 valence electrons. The number of likely N-dealkylation sites (N-methyl/N-ethyl adjacent to an activating group) is 1. The van der Waals surface area contributed by atoms with Crippen molar-refractivity contribution in [2.75, 3.05) is 38.5 Å². The van der Waals surface area contributed by atoms with E-state index in [0.29, 0.717) is 29.2 Å². The van der Waals surface area contributed by atoms with Crippen molar-refractivity contribution in [3.8, 4) is 11.8 Å². The van der Waals surface area contributed by atoms with E-state index in [2.05, 4.69) is 41.9 Å². The molecule has 0 atom stereocenters. The average Bonchev–Trinajstić information content (AvgIpc) is 3.35. The van der Waals surface area contributed by atoms with Crippen LogP contribution in [0.25, 0.3) is 6.08 Å². The van der Waals surface area contributed by atoms with Gasteiger partial charge in [0.05, 0.1) is 17.3 Å². The Hall–Kier alpha value is -4.27. The van der Waals surface area contributed by atoms with E-state index in [1.54, 1.807) is 12.1 Å². The molecule has 3 heterocycles. The van der Waals surface area contributed by atoms with Crippen molar-refractivity contribution in [2.24, 2.45) is 0 Å². The normalized spacial score (nSPS) is 14.7. The number of imidazole rings is 1. The molecule has 38 heavy (non-hydrogen) atoms. The predicted molar refractivity (Wildman–Crippen MR) is 139 cm³/mol. The van der Waals surface area contributed by atoms with Crippen molar-refractivity contribution in [1.82, 2.24) is 24.8 Å². The number of piperazine rings is 1. The average molecular weight is 522 g/mol. The number of nitrogens with one attached hydrogen (secondary N) is 3. The topological polar surface area (TPSA) is 101 Å². The first-order chi connectivity index (χ1) is 18.2. The molecule has 1 aliphatic rings. The summed E-state index contributed by atoms with van der Waals surface area (Å²) in [7, 11) is 2.01. The lowest BCUT2D eigenvalue weighted by Crippen LogP contribution is -2.43. The number of hydrogen-bond acceptors (Lipinski definition) is 6. The highest BCUT2D eigenvalue weighted by Crippen LogP contribution is 2.32. The molecule has 0 aliphatic carbocycles. The lowest BCUT2D eigenvalue weighted by Gasteiger charge is -2.32. The summed E-state index contributed by atoms with van der Waals surface area (Å²) in [5.41, 5.74) is 0.866. The van der Waals surface area contributed by atoms with Crippen LogP contribution >= 0.6 is 0 Å². The molecule has 4 rings (SSSR count). The van der Waals surface area contributed by atoms with Crippen molar-refractivity contribution in [2.45, 2.75) is 12.7 Å². The van der Waals surface area contributed by atoms with E-state index in [9.17, 15) is 18.0 Å². The molecule has 2 aromatic heterocycles. The molecule has 0 radical (unpaired) electrons.